The van der Waals surface area contributed by atoms with Gasteiger partial charge in [-0.3, -0.25) is 4.79 Å². The zero-order chi connectivity index (χ0) is 19.4. The molecule has 0 aliphatic heterocycles. The molecule has 0 aliphatic rings. The maximum Gasteiger partial charge on any atom is 0.273 e. The molecule has 0 fully saturated rings. The fraction of sp³-hybridized carbons (Fsp3) is 0.200. The molecule has 0 bridgehead atoms. The molecular formula is C20H19BrN2O3S. The van der Waals surface area contributed by atoms with E-state index in [0.717, 1.165) is 15.6 Å². The van der Waals surface area contributed by atoms with Gasteiger partial charge in [-0.2, -0.15) is 0 Å². The summed E-state index contributed by atoms with van der Waals surface area (Å²) in [7, 11) is 4.95. The fourth-order valence-corrected chi connectivity index (χ4v) is 3.93. The number of ether oxygens (including phenoxy) is 2. The van der Waals surface area contributed by atoms with Gasteiger partial charge in [0, 0.05) is 23.4 Å². The first kappa shape index (κ1) is 19.4. The number of amides is 1. The van der Waals surface area contributed by atoms with E-state index in [1.54, 1.807) is 31.5 Å². The van der Waals surface area contributed by atoms with Crippen LogP contribution >= 0.6 is 27.3 Å². The fourth-order valence-electron chi connectivity index (χ4n) is 2.70. The number of benzene rings is 2. The molecule has 0 N–H and O–H groups in total. The van der Waals surface area contributed by atoms with E-state index < -0.39 is 0 Å². The molecule has 3 aromatic rings. The number of thiazole rings is 1. The molecule has 0 spiro atoms. The molecular weight excluding hydrogens is 428 g/mol. The summed E-state index contributed by atoms with van der Waals surface area (Å²) in [6.07, 6.45) is 0. The average Bonchev–Trinajstić information content (AvgIpc) is 3.18. The van der Waals surface area contributed by atoms with Crippen molar-refractivity contribution >= 4 is 33.2 Å². The second kappa shape index (κ2) is 8.54. The van der Waals surface area contributed by atoms with Crippen molar-refractivity contribution in [1.82, 2.24) is 9.88 Å². The quantitative estimate of drug-likeness (QED) is 0.542. The molecule has 0 aliphatic carbocycles. The van der Waals surface area contributed by atoms with Crippen LogP contribution in [0.4, 0.5) is 0 Å². The van der Waals surface area contributed by atoms with Gasteiger partial charge >= 0.3 is 0 Å². The molecule has 0 saturated heterocycles. The van der Waals surface area contributed by atoms with Crippen molar-refractivity contribution in [3.05, 3.63) is 63.6 Å². The van der Waals surface area contributed by atoms with Gasteiger partial charge in [0.05, 0.1) is 19.8 Å². The third-order valence-electron chi connectivity index (χ3n) is 4.07. The normalized spacial score (nSPS) is 10.5. The Morgan fingerprint density at radius 1 is 1.15 bits per heavy atom. The highest BCUT2D eigenvalue weighted by Crippen LogP contribution is 2.39. The number of hydrogen-bond acceptors (Lipinski definition) is 5. The summed E-state index contributed by atoms with van der Waals surface area (Å²) in [6.45, 7) is 0.496. The molecule has 140 valence electrons. The van der Waals surface area contributed by atoms with Crippen LogP contribution in [0, 0.1) is 0 Å². The van der Waals surface area contributed by atoms with Crippen LogP contribution in [-0.4, -0.2) is 37.1 Å². The highest BCUT2D eigenvalue weighted by atomic mass is 79.9. The second-order valence-corrected chi connectivity index (χ2v) is 7.54. The Labute approximate surface area is 170 Å². The number of carbonyl (C=O) groups excluding carboxylic acids is 1. The van der Waals surface area contributed by atoms with E-state index in [4.69, 9.17) is 9.47 Å². The van der Waals surface area contributed by atoms with Crippen molar-refractivity contribution in [2.24, 2.45) is 0 Å². The van der Waals surface area contributed by atoms with Gasteiger partial charge in [0.2, 0.25) is 0 Å². The van der Waals surface area contributed by atoms with E-state index in [0.29, 0.717) is 28.7 Å². The van der Waals surface area contributed by atoms with Crippen molar-refractivity contribution in [3.8, 4) is 22.1 Å². The van der Waals surface area contributed by atoms with Gasteiger partial charge in [-0.15, -0.1) is 11.3 Å². The van der Waals surface area contributed by atoms with E-state index in [2.05, 4.69) is 20.9 Å². The van der Waals surface area contributed by atoms with Gasteiger partial charge in [0.25, 0.3) is 5.91 Å². The van der Waals surface area contributed by atoms with Crippen LogP contribution < -0.4 is 9.47 Å². The number of carbonyl (C=O) groups is 1. The Morgan fingerprint density at radius 3 is 2.63 bits per heavy atom. The smallest absolute Gasteiger partial charge is 0.273 e. The van der Waals surface area contributed by atoms with E-state index in [-0.39, 0.29) is 5.91 Å². The summed E-state index contributed by atoms with van der Waals surface area (Å²) >= 11 is 4.92. The van der Waals surface area contributed by atoms with E-state index in [1.807, 2.05) is 42.5 Å². The van der Waals surface area contributed by atoms with Crippen molar-refractivity contribution in [1.29, 1.82) is 0 Å². The van der Waals surface area contributed by atoms with Gasteiger partial charge < -0.3 is 14.4 Å². The number of hydrogen-bond donors (Lipinski definition) is 0. The number of aromatic nitrogens is 1. The molecule has 2 aromatic carbocycles. The number of nitrogens with zero attached hydrogens (tertiary/aromatic N) is 2. The molecule has 0 atom stereocenters. The topological polar surface area (TPSA) is 51.7 Å². The first-order chi connectivity index (χ1) is 13.0. The molecule has 0 saturated carbocycles. The Balaban J connectivity index is 1.83. The third kappa shape index (κ3) is 4.14. The van der Waals surface area contributed by atoms with Crippen LogP contribution in [0.3, 0.4) is 0 Å². The van der Waals surface area contributed by atoms with Crippen molar-refractivity contribution < 1.29 is 14.3 Å². The van der Waals surface area contributed by atoms with Crippen molar-refractivity contribution in [2.75, 3.05) is 21.3 Å². The molecule has 1 aromatic heterocycles. The lowest BCUT2D eigenvalue weighted by Gasteiger charge is -2.17. The molecule has 0 radical (unpaired) electrons. The SMILES string of the molecule is COc1cccc(-c2nc(C(=O)N(C)Cc3ccccc3Br)cs2)c1OC. The summed E-state index contributed by atoms with van der Waals surface area (Å²) in [6, 6.07) is 13.5. The summed E-state index contributed by atoms with van der Waals surface area (Å²) in [5.41, 5.74) is 2.25. The lowest BCUT2D eigenvalue weighted by Crippen LogP contribution is -2.26. The van der Waals surface area contributed by atoms with E-state index in [1.165, 1.54) is 11.3 Å². The number of methoxy groups -OCH3 is 2. The minimum Gasteiger partial charge on any atom is -0.493 e. The zero-order valence-corrected chi connectivity index (χ0v) is 17.6. The highest BCUT2D eigenvalue weighted by molar-refractivity contribution is 9.10. The summed E-state index contributed by atoms with van der Waals surface area (Å²) < 4.78 is 11.8. The summed E-state index contributed by atoms with van der Waals surface area (Å²) in [5.74, 6) is 1.11. The predicted molar refractivity (Wildman–Crippen MR) is 111 cm³/mol. The maximum absolute atomic E-state index is 12.8. The Morgan fingerprint density at radius 2 is 1.93 bits per heavy atom. The lowest BCUT2D eigenvalue weighted by molar-refractivity contribution is 0.0780. The van der Waals surface area contributed by atoms with Crippen LogP contribution in [0.1, 0.15) is 16.1 Å². The van der Waals surface area contributed by atoms with Crippen LogP contribution in [0.2, 0.25) is 0 Å². The highest BCUT2D eigenvalue weighted by Gasteiger charge is 2.19. The minimum atomic E-state index is -0.130. The first-order valence-corrected chi connectivity index (χ1v) is 9.88. The first-order valence-electron chi connectivity index (χ1n) is 8.21. The van der Waals surface area contributed by atoms with Crippen molar-refractivity contribution in [2.45, 2.75) is 6.54 Å². The standard InChI is InChI=1S/C20H19BrN2O3S/c1-23(11-13-7-4-5-9-15(13)21)20(24)16-12-27-19(22-16)14-8-6-10-17(25-2)18(14)26-3/h4-10,12H,11H2,1-3H3. The molecule has 0 unspecified atom stereocenters. The lowest BCUT2D eigenvalue weighted by atomic mass is 10.2. The molecule has 1 heterocycles. The van der Waals surface area contributed by atoms with Gasteiger partial charge in [-0.05, 0) is 23.8 Å². The molecule has 5 nitrogen and oxygen atoms in total. The van der Waals surface area contributed by atoms with Crippen molar-refractivity contribution in [3.63, 3.8) is 0 Å². The Bertz CT molecular complexity index is 958. The van der Waals surface area contributed by atoms with Gasteiger partial charge in [0.1, 0.15) is 10.7 Å². The molecule has 3 rings (SSSR count). The monoisotopic (exact) mass is 446 g/mol. The largest absolute Gasteiger partial charge is 0.493 e. The van der Waals surface area contributed by atoms with E-state index >= 15 is 0 Å². The van der Waals surface area contributed by atoms with Crippen LogP contribution in [-0.2, 0) is 6.54 Å². The van der Waals surface area contributed by atoms with Gasteiger partial charge in [-0.1, -0.05) is 40.2 Å². The number of para-hydroxylation sites is 1. The Hall–Kier alpha value is -2.38. The van der Waals surface area contributed by atoms with Gasteiger partial charge in [0.15, 0.2) is 11.5 Å². The summed E-state index contributed by atoms with van der Waals surface area (Å²) in [4.78, 5) is 19.0. The summed E-state index contributed by atoms with van der Waals surface area (Å²) in [5, 5.41) is 2.48. The van der Waals surface area contributed by atoms with Crippen LogP contribution in [0.25, 0.3) is 10.6 Å². The second-order valence-electron chi connectivity index (χ2n) is 5.83. The zero-order valence-electron chi connectivity index (χ0n) is 15.2. The third-order valence-corrected chi connectivity index (χ3v) is 5.72. The number of rotatable bonds is 6. The maximum atomic E-state index is 12.8. The molecule has 7 heteroatoms. The predicted octanol–water partition coefficient (Wildman–Crippen LogP) is 4.86. The minimum absolute atomic E-state index is 0.130. The van der Waals surface area contributed by atoms with Crippen LogP contribution in [0.5, 0.6) is 11.5 Å². The Kier molecular flexibility index (Phi) is 6.13. The number of halogens is 1. The van der Waals surface area contributed by atoms with E-state index in [9.17, 15) is 4.79 Å². The average molecular weight is 447 g/mol. The molecule has 1 amide bonds. The van der Waals surface area contributed by atoms with Crippen LogP contribution in [0.15, 0.2) is 52.3 Å². The molecule has 27 heavy (non-hydrogen) atoms. The van der Waals surface area contributed by atoms with Gasteiger partial charge in [-0.25, -0.2) is 4.98 Å².